The molecule has 100 valence electrons. The fourth-order valence-electron chi connectivity index (χ4n) is 2.22. The minimum absolute atomic E-state index is 0.245. The quantitative estimate of drug-likeness (QED) is 0.744. The lowest BCUT2D eigenvalue weighted by molar-refractivity contribution is -0.0233. The molecule has 3 N–H and O–H groups in total. The largest absolute Gasteiger partial charge is 0.388 e. The summed E-state index contributed by atoms with van der Waals surface area (Å²) in [6.45, 7) is 4.69. The van der Waals surface area contributed by atoms with E-state index in [0.29, 0.717) is 5.41 Å². The van der Waals surface area contributed by atoms with E-state index >= 15 is 0 Å². The number of hydrogen-bond acceptors (Lipinski definition) is 4. The second kappa shape index (κ2) is 4.68. The maximum absolute atomic E-state index is 11.7. The Labute approximate surface area is 106 Å². The molecule has 0 atom stereocenters. The summed E-state index contributed by atoms with van der Waals surface area (Å²) in [4.78, 5) is 11.7. The third-order valence-corrected chi connectivity index (χ3v) is 3.76. The number of rotatable bonds is 3. The van der Waals surface area contributed by atoms with Crippen LogP contribution in [0.15, 0.2) is 6.20 Å². The summed E-state index contributed by atoms with van der Waals surface area (Å²) < 4.78 is 0. The molecule has 6 nitrogen and oxygen atoms in total. The van der Waals surface area contributed by atoms with E-state index in [1.54, 1.807) is 0 Å². The van der Waals surface area contributed by atoms with Crippen molar-refractivity contribution in [2.24, 2.45) is 5.41 Å². The van der Waals surface area contributed by atoms with Crippen molar-refractivity contribution < 1.29 is 9.90 Å². The van der Waals surface area contributed by atoms with Crippen molar-refractivity contribution in [2.45, 2.75) is 45.1 Å². The maximum Gasteiger partial charge on any atom is 0.273 e. The van der Waals surface area contributed by atoms with Gasteiger partial charge in [0.1, 0.15) is 0 Å². The van der Waals surface area contributed by atoms with Crippen molar-refractivity contribution in [1.29, 1.82) is 0 Å². The van der Waals surface area contributed by atoms with Crippen LogP contribution < -0.4 is 5.32 Å². The van der Waals surface area contributed by atoms with Crippen LogP contribution in [0, 0.1) is 5.41 Å². The van der Waals surface area contributed by atoms with Crippen molar-refractivity contribution >= 4 is 5.91 Å². The van der Waals surface area contributed by atoms with Gasteiger partial charge in [-0.3, -0.25) is 4.79 Å². The summed E-state index contributed by atoms with van der Waals surface area (Å²) in [7, 11) is 0. The highest BCUT2D eigenvalue weighted by Gasteiger charge is 2.36. The van der Waals surface area contributed by atoms with Crippen LogP contribution in [-0.4, -0.2) is 38.6 Å². The standard InChI is InChI=1S/C12H20N4O2/c1-11(2)3-5-12(18,6-4-11)8-13-10(17)9-7-14-16-15-9/h7,18H,3-6,8H2,1-2H3,(H,13,17)(H,14,15,16). The van der Waals surface area contributed by atoms with E-state index in [4.69, 9.17) is 0 Å². The molecule has 1 aliphatic carbocycles. The molecule has 18 heavy (non-hydrogen) atoms. The summed E-state index contributed by atoms with van der Waals surface area (Å²) in [6.07, 6.45) is 4.76. The Morgan fingerprint density at radius 2 is 2.11 bits per heavy atom. The molecule has 0 radical (unpaired) electrons. The predicted octanol–water partition coefficient (Wildman–Crippen LogP) is 0.866. The van der Waals surface area contributed by atoms with Crippen LogP contribution in [0.3, 0.4) is 0 Å². The molecule has 1 aliphatic rings. The number of nitrogens with zero attached hydrogens (tertiary/aromatic N) is 2. The lowest BCUT2D eigenvalue weighted by Crippen LogP contribution is -2.46. The van der Waals surface area contributed by atoms with Crippen LogP contribution in [-0.2, 0) is 0 Å². The molecular weight excluding hydrogens is 232 g/mol. The summed E-state index contributed by atoms with van der Waals surface area (Å²) in [5, 5.41) is 22.8. The highest BCUT2D eigenvalue weighted by Crippen LogP contribution is 2.39. The molecule has 0 saturated heterocycles. The minimum Gasteiger partial charge on any atom is -0.388 e. The molecule has 6 heteroatoms. The molecule has 0 unspecified atom stereocenters. The number of carbonyl (C=O) groups excluding carboxylic acids is 1. The molecule has 1 amide bonds. The van der Waals surface area contributed by atoms with E-state index < -0.39 is 5.60 Å². The van der Waals surface area contributed by atoms with Gasteiger partial charge in [0.05, 0.1) is 11.8 Å². The maximum atomic E-state index is 11.7. The first-order valence-electron chi connectivity index (χ1n) is 6.27. The van der Waals surface area contributed by atoms with E-state index in [9.17, 15) is 9.90 Å². The van der Waals surface area contributed by atoms with Gasteiger partial charge in [-0.2, -0.15) is 15.4 Å². The zero-order valence-corrected chi connectivity index (χ0v) is 10.9. The molecule has 1 fully saturated rings. The van der Waals surface area contributed by atoms with Gasteiger partial charge in [-0.25, -0.2) is 0 Å². The number of aromatic amines is 1. The van der Waals surface area contributed by atoms with Crippen molar-refractivity contribution in [2.75, 3.05) is 6.54 Å². The number of nitrogens with one attached hydrogen (secondary N) is 2. The number of aliphatic hydroxyl groups is 1. The highest BCUT2D eigenvalue weighted by molar-refractivity contribution is 5.91. The van der Waals surface area contributed by atoms with Crippen molar-refractivity contribution in [1.82, 2.24) is 20.7 Å². The van der Waals surface area contributed by atoms with E-state index in [1.165, 1.54) is 6.20 Å². The zero-order valence-electron chi connectivity index (χ0n) is 10.9. The van der Waals surface area contributed by atoms with Crippen LogP contribution in [0.2, 0.25) is 0 Å². The number of aromatic nitrogens is 3. The summed E-state index contributed by atoms with van der Waals surface area (Å²) in [5.41, 5.74) is -0.244. The van der Waals surface area contributed by atoms with E-state index in [0.717, 1.165) is 25.7 Å². The predicted molar refractivity (Wildman–Crippen MR) is 65.9 cm³/mol. The molecule has 1 saturated carbocycles. The number of carbonyl (C=O) groups is 1. The SMILES string of the molecule is CC1(C)CCC(O)(CNC(=O)c2cn[nH]n2)CC1. The topological polar surface area (TPSA) is 90.9 Å². The van der Waals surface area contributed by atoms with Gasteiger partial charge >= 0.3 is 0 Å². The first-order chi connectivity index (χ1) is 8.40. The van der Waals surface area contributed by atoms with Gasteiger partial charge in [-0.15, -0.1) is 0 Å². The van der Waals surface area contributed by atoms with Crippen LogP contribution in [0.4, 0.5) is 0 Å². The Morgan fingerprint density at radius 3 is 2.67 bits per heavy atom. The highest BCUT2D eigenvalue weighted by atomic mass is 16.3. The van der Waals surface area contributed by atoms with E-state index in [1.807, 2.05) is 0 Å². The van der Waals surface area contributed by atoms with E-state index in [-0.39, 0.29) is 18.1 Å². The second-order valence-corrected chi connectivity index (χ2v) is 5.93. The first-order valence-corrected chi connectivity index (χ1v) is 6.27. The number of H-pyrrole nitrogens is 1. The summed E-state index contributed by atoms with van der Waals surface area (Å²) >= 11 is 0. The monoisotopic (exact) mass is 252 g/mol. The van der Waals surface area contributed by atoms with Crippen LogP contribution in [0.1, 0.15) is 50.0 Å². The molecule has 1 aromatic heterocycles. The average Bonchev–Trinajstić information content (AvgIpc) is 2.85. The second-order valence-electron chi connectivity index (χ2n) is 5.93. The van der Waals surface area contributed by atoms with Crippen LogP contribution in [0.5, 0.6) is 0 Å². The third-order valence-electron chi connectivity index (χ3n) is 3.76. The van der Waals surface area contributed by atoms with Gasteiger partial charge in [-0.05, 0) is 31.1 Å². The summed E-state index contributed by atoms with van der Waals surface area (Å²) in [5.74, 6) is -0.304. The Balaban J connectivity index is 1.85. The Morgan fingerprint density at radius 1 is 1.44 bits per heavy atom. The molecule has 1 heterocycles. The van der Waals surface area contributed by atoms with Crippen molar-refractivity contribution in [3.8, 4) is 0 Å². The first kappa shape index (κ1) is 13.0. The lowest BCUT2D eigenvalue weighted by atomic mass is 9.71. The Bertz CT molecular complexity index is 404. The lowest BCUT2D eigenvalue weighted by Gasteiger charge is -2.40. The Hall–Kier alpha value is -1.43. The molecule has 0 aromatic carbocycles. The zero-order chi connectivity index (χ0) is 13.2. The molecular formula is C12H20N4O2. The normalized spacial score (nSPS) is 21.5. The molecule has 0 bridgehead atoms. The molecule has 0 aliphatic heterocycles. The van der Waals surface area contributed by atoms with Gasteiger partial charge < -0.3 is 10.4 Å². The van der Waals surface area contributed by atoms with Gasteiger partial charge in [0, 0.05) is 6.54 Å². The molecule has 0 spiro atoms. The van der Waals surface area contributed by atoms with Crippen LogP contribution >= 0.6 is 0 Å². The Kier molecular flexibility index (Phi) is 3.38. The molecule has 1 aromatic rings. The molecule has 2 rings (SSSR count). The fraction of sp³-hybridized carbons (Fsp3) is 0.750. The van der Waals surface area contributed by atoms with Crippen molar-refractivity contribution in [3.63, 3.8) is 0 Å². The van der Waals surface area contributed by atoms with Crippen molar-refractivity contribution in [3.05, 3.63) is 11.9 Å². The van der Waals surface area contributed by atoms with E-state index in [2.05, 4.69) is 34.6 Å². The average molecular weight is 252 g/mol. The summed E-state index contributed by atoms with van der Waals surface area (Å²) in [6, 6.07) is 0. The number of amides is 1. The smallest absolute Gasteiger partial charge is 0.273 e. The third kappa shape index (κ3) is 3.07. The van der Waals surface area contributed by atoms with Crippen LogP contribution in [0.25, 0.3) is 0 Å². The van der Waals surface area contributed by atoms with Gasteiger partial charge in [0.2, 0.25) is 0 Å². The van der Waals surface area contributed by atoms with Gasteiger partial charge in [-0.1, -0.05) is 13.8 Å². The number of hydrogen-bond donors (Lipinski definition) is 3. The minimum atomic E-state index is -0.783. The van der Waals surface area contributed by atoms with Gasteiger partial charge in [0.15, 0.2) is 5.69 Å². The van der Waals surface area contributed by atoms with Gasteiger partial charge in [0.25, 0.3) is 5.91 Å². The fourth-order valence-corrected chi connectivity index (χ4v) is 2.22.